The molecule has 0 fully saturated rings. The van der Waals surface area contributed by atoms with E-state index in [0.29, 0.717) is 17.7 Å². The summed E-state index contributed by atoms with van der Waals surface area (Å²) in [5.74, 6) is -0.165. The molecule has 0 bridgehead atoms. The van der Waals surface area contributed by atoms with Gasteiger partial charge in [0.05, 0.1) is 18.2 Å². The first kappa shape index (κ1) is 15.4. The number of aliphatic imine (C=N–C) groups is 1. The highest BCUT2D eigenvalue weighted by Gasteiger charge is 2.03. The Kier molecular flexibility index (Phi) is 5.44. The van der Waals surface area contributed by atoms with Gasteiger partial charge in [-0.25, -0.2) is 9.38 Å². The molecule has 1 heterocycles. The van der Waals surface area contributed by atoms with E-state index >= 15 is 0 Å². The first-order valence-electron chi connectivity index (χ1n) is 6.81. The zero-order valence-electron chi connectivity index (χ0n) is 12.0. The maximum Gasteiger partial charge on any atom is 0.188 e. The zero-order chi connectivity index (χ0) is 15.8. The molecule has 0 saturated heterocycles. The number of benzene rings is 1. The molecule has 0 saturated carbocycles. The Morgan fingerprint density at radius 1 is 1.36 bits per heavy atom. The number of aromatic nitrogens is 1. The Morgan fingerprint density at radius 3 is 2.95 bits per heavy atom. The molecule has 3 N–H and O–H groups in total. The van der Waals surface area contributed by atoms with Gasteiger partial charge in [0.1, 0.15) is 5.82 Å². The average molecular weight is 297 g/mol. The number of nitrogens with one attached hydrogen (secondary N) is 1. The first-order valence-corrected chi connectivity index (χ1v) is 6.81. The van der Waals surface area contributed by atoms with Gasteiger partial charge in [0.15, 0.2) is 5.96 Å². The molecule has 2 rings (SSSR count). The molecular formula is C16H16FN5. The lowest BCUT2D eigenvalue weighted by Crippen LogP contribution is -2.33. The van der Waals surface area contributed by atoms with Crippen molar-refractivity contribution in [1.82, 2.24) is 10.3 Å². The Morgan fingerprint density at radius 2 is 2.23 bits per heavy atom. The molecule has 2 aromatic rings. The van der Waals surface area contributed by atoms with Gasteiger partial charge in [0.2, 0.25) is 0 Å². The van der Waals surface area contributed by atoms with Crippen molar-refractivity contribution in [2.75, 3.05) is 6.54 Å². The Balaban J connectivity index is 1.86. The predicted molar refractivity (Wildman–Crippen MR) is 82.4 cm³/mol. The van der Waals surface area contributed by atoms with Gasteiger partial charge in [-0.1, -0.05) is 6.07 Å². The molecule has 112 valence electrons. The molecule has 0 aliphatic rings. The summed E-state index contributed by atoms with van der Waals surface area (Å²) < 4.78 is 13.6. The number of halogens is 1. The van der Waals surface area contributed by atoms with Crippen molar-refractivity contribution < 1.29 is 4.39 Å². The number of nitrogens with two attached hydrogens (primary N) is 1. The van der Waals surface area contributed by atoms with Gasteiger partial charge < -0.3 is 11.1 Å². The molecule has 5 nitrogen and oxygen atoms in total. The lowest BCUT2D eigenvalue weighted by atomic mass is 10.1. The van der Waals surface area contributed by atoms with Crippen LogP contribution >= 0.6 is 0 Å². The molecule has 0 aliphatic heterocycles. The number of guanidine groups is 1. The van der Waals surface area contributed by atoms with Crippen molar-refractivity contribution in [1.29, 1.82) is 5.26 Å². The maximum atomic E-state index is 13.6. The van der Waals surface area contributed by atoms with Crippen molar-refractivity contribution >= 4 is 5.96 Å². The van der Waals surface area contributed by atoms with Gasteiger partial charge in [-0.15, -0.1) is 0 Å². The van der Waals surface area contributed by atoms with Crippen molar-refractivity contribution in [3.63, 3.8) is 0 Å². The number of nitriles is 1. The van der Waals surface area contributed by atoms with Gasteiger partial charge >= 0.3 is 0 Å². The molecule has 0 unspecified atom stereocenters. The number of hydrogen-bond acceptors (Lipinski definition) is 3. The number of nitrogens with zero attached hydrogens (tertiary/aromatic N) is 3. The van der Waals surface area contributed by atoms with Gasteiger partial charge in [0.25, 0.3) is 0 Å². The molecule has 0 atom stereocenters. The summed E-state index contributed by atoms with van der Waals surface area (Å²) in [4.78, 5) is 8.27. The van der Waals surface area contributed by atoms with Gasteiger partial charge in [-0.3, -0.25) is 4.98 Å². The average Bonchev–Trinajstić information content (AvgIpc) is 2.55. The third-order valence-electron chi connectivity index (χ3n) is 3.01. The van der Waals surface area contributed by atoms with Crippen LogP contribution in [-0.2, 0) is 13.0 Å². The summed E-state index contributed by atoms with van der Waals surface area (Å²) in [5.41, 5.74) is 7.43. The fourth-order valence-corrected chi connectivity index (χ4v) is 1.86. The normalized spacial score (nSPS) is 11.0. The Labute approximate surface area is 128 Å². The van der Waals surface area contributed by atoms with E-state index in [1.54, 1.807) is 6.20 Å². The highest BCUT2D eigenvalue weighted by Crippen LogP contribution is 2.11. The van der Waals surface area contributed by atoms with Crippen LogP contribution in [0, 0.1) is 17.1 Å². The zero-order valence-corrected chi connectivity index (χ0v) is 12.0. The van der Waals surface area contributed by atoms with Crippen LogP contribution in [0.3, 0.4) is 0 Å². The highest BCUT2D eigenvalue weighted by molar-refractivity contribution is 5.77. The minimum Gasteiger partial charge on any atom is -0.370 e. The number of hydrogen-bond donors (Lipinski definition) is 2. The molecule has 1 aromatic carbocycles. The summed E-state index contributed by atoms with van der Waals surface area (Å²) in [6.07, 6.45) is 2.45. The van der Waals surface area contributed by atoms with Crippen molar-refractivity contribution in [2.24, 2.45) is 10.7 Å². The van der Waals surface area contributed by atoms with Crippen LogP contribution in [0.1, 0.15) is 16.8 Å². The van der Waals surface area contributed by atoms with Crippen LogP contribution in [0.4, 0.5) is 4.39 Å². The van der Waals surface area contributed by atoms with E-state index in [0.717, 1.165) is 12.1 Å². The van der Waals surface area contributed by atoms with Gasteiger partial charge in [0, 0.05) is 30.4 Å². The minimum atomic E-state index is -0.399. The van der Waals surface area contributed by atoms with Crippen molar-refractivity contribution in [2.45, 2.75) is 13.0 Å². The van der Waals surface area contributed by atoms with Gasteiger partial charge in [-0.2, -0.15) is 5.26 Å². The molecule has 0 amide bonds. The second kappa shape index (κ2) is 7.74. The maximum absolute atomic E-state index is 13.6. The summed E-state index contributed by atoms with van der Waals surface area (Å²) in [6.45, 7) is 0.677. The number of rotatable bonds is 5. The second-order valence-electron chi connectivity index (χ2n) is 4.62. The van der Waals surface area contributed by atoms with Crippen LogP contribution in [0.25, 0.3) is 0 Å². The first-order chi connectivity index (χ1) is 10.7. The van der Waals surface area contributed by atoms with E-state index in [2.05, 4.69) is 15.3 Å². The van der Waals surface area contributed by atoms with Crippen LogP contribution in [0.5, 0.6) is 0 Å². The van der Waals surface area contributed by atoms with E-state index in [4.69, 9.17) is 11.0 Å². The minimum absolute atomic E-state index is 0.0871. The standard InChI is InChI=1S/C16H16FN5/c17-15-5-4-12(10-18)9-13(15)11-22-16(19)21-8-6-14-3-1-2-7-20-14/h1-5,7,9H,6,8,11H2,(H3,19,21,22). The van der Waals surface area contributed by atoms with E-state index < -0.39 is 5.82 Å². The largest absolute Gasteiger partial charge is 0.370 e. The molecule has 0 spiro atoms. The second-order valence-corrected chi connectivity index (χ2v) is 4.62. The van der Waals surface area contributed by atoms with Gasteiger partial charge in [-0.05, 0) is 30.3 Å². The molecular weight excluding hydrogens is 281 g/mol. The van der Waals surface area contributed by atoms with Crippen LogP contribution in [-0.4, -0.2) is 17.5 Å². The lowest BCUT2D eigenvalue weighted by molar-refractivity contribution is 0.610. The van der Waals surface area contributed by atoms with Crippen molar-refractivity contribution in [3.05, 3.63) is 65.2 Å². The summed E-state index contributed by atoms with van der Waals surface area (Å²) in [6, 6.07) is 11.8. The quantitative estimate of drug-likeness (QED) is 0.650. The summed E-state index contributed by atoms with van der Waals surface area (Å²) in [7, 11) is 0. The molecule has 1 aromatic heterocycles. The summed E-state index contributed by atoms with van der Waals surface area (Å²) >= 11 is 0. The van der Waals surface area contributed by atoms with Crippen LogP contribution in [0.2, 0.25) is 0 Å². The number of pyridine rings is 1. The third kappa shape index (κ3) is 4.56. The Bertz CT molecular complexity index is 691. The van der Waals surface area contributed by atoms with E-state index in [9.17, 15) is 4.39 Å². The molecule has 0 aliphatic carbocycles. The molecule has 0 radical (unpaired) electrons. The topological polar surface area (TPSA) is 87.1 Å². The van der Waals surface area contributed by atoms with E-state index in [-0.39, 0.29) is 12.5 Å². The smallest absolute Gasteiger partial charge is 0.188 e. The molecule has 22 heavy (non-hydrogen) atoms. The SMILES string of the molecule is N#Cc1ccc(F)c(CN=C(N)NCCc2ccccn2)c1. The third-order valence-corrected chi connectivity index (χ3v) is 3.01. The molecule has 6 heteroatoms. The fourth-order valence-electron chi connectivity index (χ4n) is 1.86. The van der Waals surface area contributed by atoms with Crippen molar-refractivity contribution in [3.8, 4) is 6.07 Å². The highest BCUT2D eigenvalue weighted by atomic mass is 19.1. The predicted octanol–water partition coefficient (Wildman–Crippen LogP) is 1.74. The van der Waals surface area contributed by atoms with Crippen LogP contribution in [0.15, 0.2) is 47.6 Å². The lowest BCUT2D eigenvalue weighted by Gasteiger charge is -2.06. The monoisotopic (exact) mass is 297 g/mol. The van der Waals surface area contributed by atoms with E-state index in [1.165, 1.54) is 18.2 Å². The summed E-state index contributed by atoms with van der Waals surface area (Å²) in [5, 5.41) is 11.8. The Hall–Kier alpha value is -2.94. The fraction of sp³-hybridized carbons (Fsp3) is 0.188. The van der Waals surface area contributed by atoms with Crippen LogP contribution < -0.4 is 11.1 Å². The van der Waals surface area contributed by atoms with E-state index in [1.807, 2.05) is 24.3 Å².